The molecule has 1 heterocycles. The molecule has 0 saturated carbocycles. The van der Waals surface area contributed by atoms with Gasteiger partial charge in [-0.05, 0) is 47.1 Å². The van der Waals surface area contributed by atoms with Gasteiger partial charge in [0.05, 0.1) is 5.56 Å². The van der Waals surface area contributed by atoms with Gasteiger partial charge >= 0.3 is 0 Å². The molecule has 0 fully saturated rings. The van der Waals surface area contributed by atoms with Crippen LogP contribution >= 0.6 is 22.6 Å². The number of hydrogen-bond donors (Lipinski definition) is 0. The molecule has 100 valence electrons. The fourth-order valence-electron chi connectivity index (χ4n) is 1.86. The van der Waals surface area contributed by atoms with Crippen LogP contribution in [0.4, 0.5) is 0 Å². The number of carbonyl (C=O) groups is 1. The van der Waals surface area contributed by atoms with E-state index >= 15 is 0 Å². The van der Waals surface area contributed by atoms with E-state index in [0.29, 0.717) is 11.5 Å². The number of carbonyl (C=O) groups excluding carboxylic acids is 1. The average Bonchev–Trinajstić information content (AvgIpc) is 2.80. The SMILES string of the molecule is CC(C)CCn1cc(C=O)c(-c2ccc(I)cc2)n1. The van der Waals surface area contributed by atoms with Gasteiger partial charge in [-0.1, -0.05) is 26.0 Å². The van der Waals surface area contributed by atoms with Crippen LogP contribution in [0.25, 0.3) is 11.3 Å². The standard InChI is InChI=1S/C15H17IN2O/c1-11(2)7-8-18-9-13(10-19)15(17-18)12-3-5-14(16)6-4-12/h3-6,9-11H,7-8H2,1-2H3. The van der Waals surface area contributed by atoms with Gasteiger partial charge in [-0.3, -0.25) is 9.48 Å². The lowest BCUT2D eigenvalue weighted by Gasteiger charge is -2.04. The Morgan fingerprint density at radius 2 is 2.00 bits per heavy atom. The maximum atomic E-state index is 11.2. The largest absolute Gasteiger partial charge is 0.298 e. The molecule has 4 heteroatoms. The van der Waals surface area contributed by atoms with Crippen molar-refractivity contribution in [3.63, 3.8) is 0 Å². The van der Waals surface area contributed by atoms with Crippen molar-refractivity contribution < 1.29 is 4.79 Å². The molecule has 2 rings (SSSR count). The van der Waals surface area contributed by atoms with Gasteiger partial charge in [0.15, 0.2) is 6.29 Å². The van der Waals surface area contributed by atoms with Gasteiger partial charge < -0.3 is 0 Å². The second-order valence-corrected chi connectivity index (χ2v) is 6.25. The van der Waals surface area contributed by atoms with Gasteiger partial charge in [-0.25, -0.2) is 0 Å². The van der Waals surface area contributed by atoms with Crippen LogP contribution in [0.3, 0.4) is 0 Å². The summed E-state index contributed by atoms with van der Waals surface area (Å²) in [6.45, 7) is 5.22. The second-order valence-electron chi connectivity index (χ2n) is 5.00. The van der Waals surface area contributed by atoms with Crippen LogP contribution in [0.15, 0.2) is 30.5 Å². The first-order chi connectivity index (χ1) is 9.10. The van der Waals surface area contributed by atoms with E-state index in [-0.39, 0.29) is 0 Å². The van der Waals surface area contributed by atoms with Crippen LogP contribution < -0.4 is 0 Å². The summed E-state index contributed by atoms with van der Waals surface area (Å²) in [5, 5.41) is 4.54. The first-order valence-electron chi connectivity index (χ1n) is 6.38. The zero-order chi connectivity index (χ0) is 13.8. The molecule has 0 aliphatic heterocycles. The minimum Gasteiger partial charge on any atom is -0.298 e. The zero-order valence-electron chi connectivity index (χ0n) is 11.1. The van der Waals surface area contributed by atoms with Crippen molar-refractivity contribution in [2.24, 2.45) is 5.92 Å². The van der Waals surface area contributed by atoms with Crippen LogP contribution in [0.1, 0.15) is 30.6 Å². The van der Waals surface area contributed by atoms with Gasteiger partial charge in [0.25, 0.3) is 0 Å². The van der Waals surface area contributed by atoms with Crippen molar-refractivity contribution >= 4 is 28.9 Å². The Labute approximate surface area is 127 Å². The van der Waals surface area contributed by atoms with Crippen molar-refractivity contribution in [3.05, 3.63) is 39.6 Å². The summed E-state index contributed by atoms with van der Waals surface area (Å²) in [5.74, 6) is 0.630. The summed E-state index contributed by atoms with van der Waals surface area (Å²) < 4.78 is 3.05. The zero-order valence-corrected chi connectivity index (χ0v) is 13.3. The minimum absolute atomic E-state index is 0.630. The quantitative estimate of drug-likeness (QED) is 0.590. The number of aldehydes is 1. The second kappa shape index (κ2) is 6.32. The van der Waals surface area contributed by atoms with Crippen LogP contribution in [0.5, 0.6) is 0 Å². The molecular weight excluding hydrogens is 351 g/mol. The number of aromatic nitrogens is 2. The smallest absolute Gasteiger partial charge is 0.153 e. The molecule has 0 N–H and O–H groups in total. The molecule has 1 aromatic heterocycles. The highest BCUT2D eigenvalue weighted by Crippen LogP contribution is 2.22. The number of hydrogen-bond acceptors (Lipinski definition) is 2. The predicted molar refractivity (Wildman–Crippen MR) is 85.2 cm³/mol. The van der Waals surface area contributed by atoms with Gasteiger partial charge in [0, 0.05) is 21.9 Å². The lowest BCUT2D eigenvalue weighted by molar-refractivity contribution is 0.112. The fourth-order valence-corrected chi connectivity index (χ4v) is 2.22. The van der Waals surface area contributed by atoms with E-state index in [9.17, 15) is 4.79 Å². The molecule has 0 atom stereocenters. The molecular formula is C15H17IN2O. The maximum Gasteiger partial charge on any atom is 0.153 e. The Balaban J connectivity index is 2.29. The minimum atomic E-state index is 0.630. The molecule has 0 unspecified atom stereocenters. The summed E-state index contributed by atoms with van der Waals surface area (Å²) in [4.78, 5) is 11.2. The van der Waals surface area contributed by atoms with E-state index < -0.39 is 0 Å². The number of benzene rings is 1. The topological polar surface area (TPSA) is 34.9 Å². The van der Waals surface area contributed by atoms with E-state index in [1.54, 1.807) is 0 Å². The lowest BCUT2D eigenvalue weighted by atomic mass is 10.1. The van der Waals surface area contributed by atoms with E-state index in [0.717, 1.165) is 30.5 Å². The van der Waals surface area contributed by atoms with Crippen molar-refractivity contribution in [2.45, 2.75) is 26.8 Å². The Morgan fingerprint density at radius 1 is 1.32 bits per heavy atom. The molecule has 0 bridgehead atoms. The summed E-state index contributed by atoms with van der Waals surface area (Å²) in [5.41, 5.74) is 2.42. The molecule has 0 saturated heterocycles. The van der Waals surface area contributed by atoms with Gasteiger partial charge in [0.2, 0.25) is 0 Å². The van der Waals surface area contributed by atoms with Crippen molar-refractivity contribution in [1.82, 2.24) is 9.78 Å². The third kappa shape index (κ3) is 3.65. The highest BCUT2D eigenvalue weighted by molar-refractivity contribution is 14.1. The molecule has 3 nitrogen and oxygen atoms in total. The maximum absolute atomic E-state index is 11.2. The summed E-state index contributed by atoms with van der Waals surface area (Å²) >= 11 is 2.26. The fraction of sp³-hybridized carbons (Fsp3) is 0.333. The predicted octanol–water partition coefficient (Wildman–Crippen LogP) is 4.01. The van der Waals surface area contributed by atoms with E-state index in [1.165, 1.54) is 3.57 Å². The van der Waals surface area contributed by atoms with Crippen molar-refractivity contribution in [3.8, 4) is 11.3 Å². The first-order valence-corrected chi connectivity index (χ1v) is 7.46. The Kier molecular flexibility index (Phi) is 4.74. The molecule has 0 aliphatic carbocycles. The number of nitrogens with zero attached hydrogens (tertiary/aromatic N) is 2. The number of halogens is 1. The Morgan fingerprint density at radius 3 is 2.58 bits per heavy atom. The molecule has 0 aliphatic rings. The highest BCUT2D eigenvalue weighted by atomic mass is 127. The van der Waals surface area contributed by atoms with Crippen LogP contribution in [-0.4, -0.2) is 16.1 Å². The van der Waals surface area contributed by atoms with Gasteiger partial charge in [-0.2, -0.15) is 5.10 Å². The van der Waals surface area contributed by atoms with Crippen molar-refractivity contribution in [1.29, 1.82) is 0 Å². The average molecular weight is 368 g/mol. The van der Waals surface area contributed by atoms with Crippen LogP contribution in [-0.2, 0) is 6.54 Å². The molecule has 1 aromatic carbocycles. The normalized spacial score (nSPS) is 10.9. The highest BCUT2D eigenvalue weighted by Gasteiger charge is 2.10. The first kappa shape index (κ1) is 14.2. The summed E-state index contributed by atoms with van der Waals surface area (Å²) in [7, 11) is 0. The monoisotopic (exact) mass is 368 g/mol. The van der Waals surface area contributed by atoms with E-state index in [4.69, 9.17) is 0 Å². The third-order valence-electron chi connectivity index (χ3n) is 2.97. The number of aryl methyl sites for hydroxylation is 1. The van der Waals surface area contributed by atoms with Gasteiger partial charge in [0.1, 0.15) is 5.69 Å². The number of rotatable bonds is 5. The van der Waals surface area contributed by atoms with Crippen LogP contribution in [0, 0.1) is 9.49 Å². The molecule has 0 spiro atoms. The summed E-state index contributed by atoms with van der Waals surface area (Å²) in [6, 6.07) is 8.06. The van der Waals surface area contributed by atoms with Crippen LogP contribution in [0.2, 0.25) is 0 Å². The van der Waals surface area contributed by atoms with E-state index in [2.05, 4.69) is 41.5 Å². The summed E-state index contributed by atoms with van der Waals surface area (Å²) in [6.07, 6.45) is 3.78. The van der Waals surface area contributed by atoms with Gasteiger partial charge in [-0.15, -0.1) is 0 Å². The van der Waals surface area contributed by atoms with E-state index in [1.807, 2.05) is 35.1 Å². The molecule has 0 radical (unpaired) electrons. The molecule has 19 heavy (non-hydrogen) atoms. The van der Waals surface area contributed by atoms with Crippen molar-refractivity contribution in [2.75, 3.05) is 0 Å². The Bertz CT molecular complexity index is 558. The molecule has 0 amide bonds. The Hall–Kier alpha value is -1.17. The molecule has 2 aromatic rings. The third-order valence-corrected chi connectivity index (χ3v) is 3.69. The lowest BCUT2D eigenvalue weighted by Crippen LogP contribution is -2.02.